The summed E-state index contributed by atoms with van der Waals surface area (Å²) in [6, 6.07) is 12.8. The summed E-state index contributed by atoms with van der Waals surface area (Å²) in [5.41, 5.74) is 1.01. The molecular formula is C20H26ClN3O3. The third kappa shape index (κ3) is 5.58. The van der Waals surface area contributed by atoms with Gasteiger partial charge in [0.25, 0.3) is 5.91 Å². The van der Waals surface area contributed by atoms with Gasteiger partial charge < -0.3 is 20.0 Å². The van der Waals surface area contributed by atoms with Crippen LogP contribution in [0.2, 0.25) is 0 Å². The first-order valence-corrected chi connectivity index (χ1v) is 9.01. The average molecular weight is 392 g/mol. The number of nitrogens with zero attached hydrogens (tertiary/aromatic N) is 1. The van der Waals surface area contributed by atoms with E-state index >= 15 is 0 Å². The predicted octanol–water partition coefficient (Wildman–Crippen LogP) is 2.25. The van der Waals surface area contributed by atoms with Crippen LogP contribution in [-0.2, 0) is 11.2 Å². The SMILES string of the molecule is CNC1CCN(C(=O)C(Cc2ccccc2)NC(=O)c2ccco2)CC1.Cl. The minimum atomic E-state index is -0.610. The number of carbonyl (C=O) groups is 2. The number of amides is 2. The van der Waals surface area contributed by atoms with Crippen molar-refractivity contribution < 1.29 is 14.0 Å². The Hall–Kier alpha value is -2.31. The lowest BCUT2D eigenvalue weighted by Gasteiger charge is -2.34. The van der Waals surface area contributed by atoms with Gasteiger partial charge in [-0.1, -0.05) is 30.3 Å². The zero-order valence-electron chi connectivity index (χ0n) is 15.4. The minimum absolute atomic E-state index is 0. The van der Waals surface area contributed by atoms with Gasteiger partial charge >= 0.3 is 0 Å². The lowest BCUT2D eigenvalue weighted by molar-refractivity contribution is -0.134. The monoisotopic (exact) mass is 391 g/mol. The Morgan fingerprint density at radius 3 is 2.44 bits per heavy atom. The van der Waals surface area contributed by atoms with E-state index in [1.54, 1.807) is 12.1 Å². The van der Waals surface area contributed by atoms with Crippen LogP contribution in [0.5, 0.6) is 0 Å². The Morgan fingerprint density at radius 1 is 1.15 bits per heavy atom. The van der Waals surface area contributed by atoms with E-state index in [1.165, 1.54) is 6.26 Å². The maximum atomic E-state index is 13.1. The third-order valence-electron chi connectivity index (χ3n) is 4.85. The van der Waals surface area contributed by atoms with Crippen molar-refractivity contribution in [3.63, 3.8) is 0 Å². The molecule has 1 aliphatic heterocycles. The molecule has 27 heavy (non-hydrogen) atoms. The van der Waals surface area contributed by atoms with Gasteiger partial charge in [-0.3, -0.25) is 9.59 Å². The first-order chi connectivity index (χ1) is 12.7. The maximum Gasteiger partial charge on any atom is 0.287 e. The van der Waals surface area contributed by atoms with Crippen LogP contribution < -0.4 is 10.6 Å². The van der Waals surface area contributed by atoms with Crippen molar-refractivity contribution in [2.45, 2.75) is 31.3 Å². The Labute approximate surface area is 165 Å². The second kappa shape index (κ2) is 10.1. The molecule has 2 heterocycles. The molecule has 1 aliphatic rings. The van der Waals surface area contributed by atoms with Crippen molar-refractivity contribution in [1.82, 2.24) is 15.5 Å². The third-order valence-corrected chi connectivity index (χ3v) is 4.85. The summed E-state index contributed by atoms with van der Waals surface area (Å²) in [4.78, 5) is 27.3. The second-order valence-corrected chi connectivity index (χ2v) is 6.58. The number of hydrogen-bond acceptors (Lipinski definition) is 4. The Kier molecular flexibility index (Phi) is 7.88. The van der Waals surface area contributed by atoms with Crippen molar-refractivity contribution >= 4 is 24.2 Å². The van der Waals surface area contributed by atoms with Crippen LogP contribution in [0.15, 0.2) is 53.1 Å². The highest BCUT2D eigenvalue weighted by Crippen LogP contribution is 2.14. The summed E-state index contributed by atoms with van der Waals surface area (Å²) in [6.07, 6.45) is 3.75. The first-order valence-electron chi connectivity index (χ1n) is 9.01. The summed E-state index contributed by atoms with van der Waals surface area (Å²) in [6.45, 7) is 1.40. The lowest BCUT2D eigenvalue weighted by atomic mass is 10.0. The fourth-order valence-corrected chi connectivity index (χ4v) is 3.30. The van der Waals surface area contributed by atoms with Gasteiger partial charge in [0.2, 0.25) is 5.91 Å². The van der Waals surface area contributed by atoms with Crippen LogP contribution in [0.25, 0.3) is 0 Å². The standard InChI is InChI=1S/C20H25N3O3.ClH/c1-21-16-9-11-23(12-10-16)20(25)17(14-15-6-3-2-4-7-15)22-19(24)18-8-5-13-26-18;/h2-8,13,16-17,21H,9-12,14H2,1H3,(H,22,24);1H. The van der Waals surface area contributed by atoms with Crippen LogP contribution in [0.3, 0.4) is 0 Å². The van der Waals surface area contributed by atoms with E-state index in [1.807, 2.05) is 42.3 Å². The molecule has 1 unspecified atom stereocenters. The van der Waals surface area contributed by atoms with Crippen LogP contribution in [0.4, 0.5) is 0 Å². The number of furan rings is 1. The summed E-state index contributed by atoms with van der Waals surface area (Å²) >= 11 is 0. The summed E-state index contributed by atoms with van der Waals surface area (Å²) < 4.78 is 5.16. The Morgan fingerprint density at radius 2 is 1.85 bits per heavy atom. The van der Waals surface area contributed by atoms with Crippen molar-refractivity contribution in [2.75, 3.05) is 20.1 Å². The zero-order valence-corrected chi connectivity index (χ0v) is 16.2. The molecule has 1 aromatic carbocycles. The largest absolute Gasteiger partial charge is 0.459 e. The molecule has 3 rings (SSSR count). The average Bonchev–Trinajstić information content (AvgIpc) is 3.23. The van der Waals surface area contributed by atoms with E-state index in [2.05, 4.69) is 10.6 Å². The maximum absolute atomic E-state index is 13.1. The highest BCUT2D eigenvalue weighted by atomic mass is 35.5. The predicted molar refractivity (Wildman–Crippen MR) is 106 cm³/mol. The molecule has 0 radical (unpaired) electrons. The number of carbonyl (C=O) groups excluding carboxylic acids is 2. The molecule has 0 spiro atoms. The zero-order chi connectivity index (χ0) is 18.4. The molecule has 0 aliphatic carbocycles. The van der Waals surface area contributed by atoms with Gasteiger partial charge in [-0.05, 0) is 37.6 Å². The van der Waals surface area contributed by atoms with Crippen LogP contribution in [0, 0.1) is 0 Å². The molecule has 1 fully saturated rings. The summed E-state index contributed by atoms with van der Waals surface area (Å²) in [5.74, 6) is -0.192. The molecule has 146 valence electrons. The van der Waals surface area contributed by atoms with Crippen LogP contribution in [-0.4, -0.2) is 48.9 Å². The van der Waals surface area contributed by atoms with Gasteiger partial charge in [-0.25, -0.2) is 0 Å². The number of piperidine rings is 1. The number of likely N-dealkylation sites (tertiary alicyclic amines) is 1. The molecule has 0 bridgehead atoms. The smallest absolute Gasteiger partial charge is 0.287 e. The second-order valence-electron chi connectivity index (χ2n) is 6.58. The van der Waals surface area contributed by atoms with E-state index in [0.29, 0.717) is 25.6 Å². The molecule has 6 nitrogen and oxygen atoms in total. The van der Waals surface area contributed by atoms with E-state index < -0.39 is 6.04 Å². The molecule has 7 heteroatoms. The Bertz CT molecular complexity index is 713. The number of nitrogens with one attached hydrogen (secondary N) is 2. The van der Waals surface area contributed by atoms with Gasteiger partial charge in [0, 0.05) is 25.6 Å². The number of hydrogen-bond donors (Lipinski definition) is 2. The molecule has 0 saturated carbocycles. The number of rotatable bonds is 6. The molecule has 1 aromatic heterocycles. The van der Waals surface area contributed by atoms with E-state index in [-0.39, 0.29) is 30.0 Å². The quantitative estimate of drug-likeness (QED) is 0.792. The molecule has 1 atom stereocenters. The summed E-state index contributed by atoms with van der Waals surface area (Å²) in [7, 11) is 1.95. The highest BCUT2D eigenvalue weighted by molar-refractivity contribution is 5.95. The Balaban J connectivity index is 0.00000261. The summed E-state index contributed by atoms with van der Waals surface area (Å²) in [5, 5.41) is 6.11. The van der Waals surface area contributed by atoms with Crippen LogP contribution >= 0.6 is 12.4 Å². The van der Waals surface area contributed by atoms with E-state index in [4.69, 9.17) is 4.42 Å². The van der Waals surface area contributed by atoms with E-state index in [0.717, 1.165) is 18.4 Å². The molecule has 2 aromatic rings. The van der Waals surface area contributed by atoms with Gasteiger partial charge in [-0.2, -0.15) is 0 Å². The van der Waals surface area contributed by atoms with Crippen molar-refractivity contribution in [3.8, 4) is 0 Å². The molecular weight excluding hydrogens is 366 g/mol. The van der Waals surface area contributed by atoms with Gasteiger partial charge in [0.05, 0.1) is 6.26 Å². The van der Waals surface area contributed by atoms with Crippen molar-refractivity contribution in [3.05, 3.63) is 60.1 Å². The van der Waals surface area contributed by atoms with E-state index in [9.17, 15) is 9.59 Å². The van der Waals surface area contributed by atoms with Crippen molar-refractivity contribution in [2.24, 2.45) is 0 Å². The normalized spacial score (nSPS) is 15.7. The number of benzene rings is 1. The minimum Gasteiger partial charge on any atom is -0.459 e. The van der Waals surface area contributed by atoms with Crippen LogP contribution in [0.1, 0.15) is 29.0 Å². The van der Waals surface area contributed by atoms with Gasteiger partial charge in [-0.15, -0.1) is 12.4 Å². The van der Waals surface area contributed by atoms with Crippen molar-refractivity contribution in [1.29, 1.82) is 0 Å². The highest BCUT2D eigenvalue weighted by Gasteiger charge is 2.29. The number of halogens is 1. The van der Waals surface area contributed by atoms with Gasteiger partial charge in [0.15, 0.2) is 5.76 Å². The molecule has 2 N–H and O–H groups in total. The first kappa shape index (κ1) is 21.0. The van der Waals surface area contributed by atoms with Gasteiger partial charge in [0.1, 0.15) is 6.04 Å². The molecule has 2 amide bonds. The topological polar surface area (TPSA) is 74.6 Å². The molecule has 1 saturated heterocycles. The lowest BCUT2D eigenvalue weighted by Crippen LogP contribution is -2.53. The fraction of sp³-hybridized carbons (Fsp3) is 0.400. The fourth-order valence-electron chi connectivity index (χ4n) is 3.30.